The molecule has 0 bridgehead atoms. The number of thiophene rings is 1. The van der Waals surface area contributed by atoms with Crippen molar-refractivity contribution in [1.82, 2.24) is 10.3 Å². The van der Waals surface area contributed by atoms with Crippen LogP contribution in [0, 0.1) is 0 Å². The number of thiazole rings is 1. The van der Waals surface area contributed by atoms with Gasteiger partial charge in [-0.3, -0.25) is 14.4 Å². The zero-order chi connectivity index (χ0) is 31.7. The first-order valence-electron chi connectivity index (χ1n) is 14.1. The topological polar surface area (TPSA) is 113 Å². The van der Waals surface area contributed by atoms with E-state index in [1.54, 1.807) is 72.0 Å². The maximum atomic E-state index is 13.6. The van der Waals surface area contributed by atoms with Crippen LogP contribution >= 0.6 is 34.4 Å². The molecule has 8 nitrogen and oxygen atoms in total. The number of aromatic nitrogens is 1. The first-order valence-corrected chi connectivity index (χ1v) is 16.7. The Bertz CT molecular complexity index is 1960. The number of thioether (sulfide) groups is 1. The van der Waals surface area contributed by atoms with Crippen LogP contribution in [0.2, 0.25) is 0 Å². The molecule has 0 aliphatic rings. The lowest BCUT2D eigenvalue weighted by molar-refractivity contribution is -0.116. The fraction of sp³-hybridized carbons (Fsp3) is 0.0286. The van der Waals surface area contributed by atoms with Gasteiger partial charge in [0.1, 0.15) is 16.7 Å². The molecule has 1 unspecified atom stereocenters. The van der Waals surface area contributed by atoms with Gasteiger partial charge in [0.15, 0.2) is 5.13 Å². The molecular weight excluding hydrogens is 637 g/mol. The second-order valence-electron chi connectivity index (χ2n) is 9.79. The van der Waals surface area contributed by atoms with E-state index in [0.29, 0.717) is 22.1 Å². The van der Waals surface area contributed by atoms with E-state index >= 15 is 0 Å². The molecule has 3 amide bonds. The third-order valence-corrected chi connectivity index (χ3v) is 9.45. The SMILES string of the molecule is O=C(Nc1cccc(SC(C(=O)Nc2nc(-c3cccs3)cs2)c2ccccc2)c1)/C(=C/c1ccco1)NC(=O)c1ccccc1. The molecule has 3 aromatic heterocycles. The molecule has 3 N–H and O–H groups in total. The molecule has 3 heterocycles. The average Bonchev–Trinajstić information content (AvgIpc) is 3.88. The van der Waals surface area contributed by atoms with Gasteiger partial charge in [-0.15, -0.1) is 34.4 Å². The molecule has 0 spiro atoms. The van der Waals surface area contributed by atoms with Crippen molar-refractivity contribution in [2.45, 2.75) is 10.1 Å². The smallest absolute Gasteiger partial charge is 0.272 e. The number of amides is 3. The van der Waals surface area contributed by atoms with Crippen molar-refractivity contribution in [1.29, 1.82) is 0 Å². The molecule has 0 radical (unpaired) electrons. The van der Waals surface area contributed by atoms with Crippen molar-refractivity contribution < 1.29 is 18.8 Å². The van der Waals surface area contributed by atoms with Gasteiger partial charge in [0.25, 0.3) is 11.8 Å². The van der Waals surface area contributed by atoms with Crippen molar-refractivity contribution in [2.75, 3.05) is 10.6 Å². The summed E-state index contributed by atoms with van der Waals surface area (Å²) in [5.74, 6) is -0.782. The quantitative estimate of drug-likeness (QED) is 0.0950. The number of carbonyl (C=O) groups excluding carboxylic acids is 3. The van der Waals surface area contributed by atoms with Gasteiger partial charge in [-0.05, 0) is 59.5 Å². The Labute approximate surface area is 277 Å². The van der Waals surface area contributed by atoms with Gasteiger partial charge in [0, 0.05) is 27.6 Å². The van der Waals surface area contributed by atoms with Gasteiger partial charge in [-0.2, -0.15) is 0 Å². The van der Waals surface area contributed by atoms with Crippen molar-refractivity contribution in [3.63, 3.8) is 0 Å². The predicted octanol–water partition coefficient (Wildman–Crippen LogP) is 8.35. The lowest BCUT2D eigenvalue weighted by Crippen LogP contribution is -2.30. The summed E-state index contributed by atoms with van der Waals surface area (Å²) in [6.07, 6.45) is 2.95. The summed E-state index contributed by atoms with van der Waals surface area (Å²) in [5.41, 5.74) is 2.55. The minimum Gasteiger partial charge on any atom is -0.465 e. The normalized spacial score (nSPS) is 11.9. The molecule has 1 atom stereocenters. The Morgan fingerprint density at radius 3 is 2.37 bits per heavy atom. The Kier molecular flexibility index (Phi) is 9.84. The van der Waals surface area contributed by atoms with Crippen LogP contribution in [0.25, 0.3) is 16.6 Å². The molecule has 0 saturated heterocycles. The summed E-state index contributed by atoms with van der Waals surface area (Å²) in [5, 5.41) is 12.4. The van der Waals surface area contributed by atoms with Crippen LogP contribution in [0.15, 0.2) is 141 Å². The van der Waals surface area contributed by atoms with Gasteiger partial charge < -0.3 is 20.4 Å². The maximum absolute atomic E-state index is 13.6. The number of benzene rings is 3. The number of nitrogens with zero attached hydrogens (tertiary/aromatic N) is 1. The van der Waals surface area contributed by atoms with E-state index < -0.39 is 17.1 Å². The number of hydrogen-bond donors (Lipinski definition) is 3. The monoisotopic (exact) mass is 662 g/mol. The second kappa shape index (κ2) is 14.7. The molecule has 11 heteroatoms. The molecule has 6 aromatic rings. The average molecular weight is 663 g/mol. The van der Waals surface area contributed by atoms with Crippen LogP contribution in [-0.4, -0.2) is 22.7 Å². The summed E-state index contributed by atoms with van der Waals surface area (Å²) in [7, 11) is 0. The third kappa shape index (κ3) is 7.88. The molecule has 6 rings (SSSR count). The van der Waals surface area contributed by atoms with Gasteiger partial charge >= 0.3 is 0 Å². The van der Waals surface area contributed by atoms with Crippen LogP contribution in [0.4, 0.5) is 10.8 Å². The summed E-state index contributed by atoms with van der Waals surface area (Å²) in [6.45, 7) is 0. The van der Waals surface area contributed by atoms with Crippen LogP contribution < -0.4 is 16.0 Å². The molecule has 228 valence electrons. The highest BCUT2D eigenvalue weighted by Gasteiger charge is 2.24. The number of rotatable bonds is 11. The van der Waals surface area contributed by atoms with E-state index in [4.69, 9.17) is 4.42 Å². The second-order valence-corrected chi connectivity index (χ2v) is 12.8. The summed E-state index contributed by atoms with van der Waals surface area (Å²) >= 11 is 4.32. The fourth-order valence-electron chi connectivity index (χ4n) is 4.38. The minimum absolute atomic E-state index is 0.00812. The van der Waals surface area contributed by atoms with E-state index in [2.05, 4.69) is 20.9 Å². The van der Waals surface area contributed by atoms with Gasteiger partial charge in [0.05, 0.1) is 16.8 Å². The van der Waals surface area contributed by atoms with E-state index in [0.717, 1.165) is 21.0 Å². The lowest BCUT2D eigenvalue weighted by Gasteiger charge is -2.17. The maximum Gasteiger partial charge on any atom is 0.272 e. The molecule has 0 aliphatic carbocycles. The Balaban J connectivity index is 1.19. The molecule has 46 heavy (non-hydrogen) atoms. The number of furan rings is 1. The molecule has 3 aromatic carbocycles. The van der Waals surface area contributed by atoms with Crippen LogP contribution in [-0.2, 0) is 9.59 Å². The standard InChI is InChI=1S/C35H26N4O4S3/c40-32(24-12-5-2-6-13-24)37-28(21-26-15-8-18-43-26)33(41)36-25-14-7-16-27(20-25)46-31(23-10-3-1-4-11-23)34(42)39-35-38-29(22-45-35)30-17-9-19-44-30/h1-22,31H,(H,36,41)(H,37,40)(H,38,39,42)/b28-21-. The molecular formula is C35H26N4O4S3. The van der Waals surface area contributed by atoms with Crippen molar-refractivity contribution >= 4 is 69.1 Å². The zero-order valence-corrected chi connectivity index (χ0v) is 26.5. The molecule has 0 aliphatic heterocycles. The highest BCUT2D eigenvalue weighted by atomic mass is 32.2. The Morgan fingerprint density at radius 2 is 1.63 bits per heavy atom. The Hall–Kier alpha value is -5.23. The van der Waals surface area contributed by atoms with Crippen LogP contribution in [0.1, 0.15) is 26.9 Å². The minimum atomic E-state index is -0.596. The predicted molar refractivity (Wildman–Crippen MR) is 185 cm³/mol. The summed E-state index contributed by atoms with van der Waals surface area (Å²) in [6, 6.07) is 32.6. The van der Waals surface area contributed by atoms with Crippen LogP contribution in [0.5, 0.6) is 0 Å². The van der Waals surface area contributed by atoms with E-state index in [9.17, 15) is 14.4 Å². The van der Waals surface area contributed by atoms with E-state index in [-0.39, 0.29) is 11.6 Å². The Morgan fingerprint density at radius 1 is 0.826 bits per heavy atom. The number of carbonyl (C=O) groups is 3. The van der Waals surface area contributed by atoms with E-state index in [1.807, 2.05) is 59.3 Å². The zero-order valence-electron chi connectivity index (χ0n) is 24.1. The van der Waals surface area contributed by atoms with Crippen LogP contribution in [0.3, 0.4) is 0 Å². The number of hydrogen-bond acceptors (Lipinski definition) is 8. The third-order valence-electron chi connectivity index (χ3n) is 6.55. The first-order chi connectivity index (χ1) is 22.5. The number of anilines is 2. The van der Waals surface area contributed by atoms with Gasteiger partial charge in [-0.1, -0.05) is 60.7 Å². The van der Waals surface area contributed by atoms with Crippen molar-refractivity contribution in [3.8, 4) is 10.6 Å². The van der Waals surface area contributed by atoms with Gasteiger partial charge in [-0.25, -0.2) is 4.98 Å². The summed E-state index contributed by atoms with van der Waals surface area (Å²) < 4.78 is 5.39. The first kappa shape index (κ1) is 30.8. The fourth-order valence-corrected chi connectivity index (χ4v) is 6.94. The van der Waals surface area contributed by atoms with E-state index in [1.165, 1.54) is 35.4 Å². The number of nitrogens with one attached hydrogen (secondary N) is 3. The van der Waals surface area contributed by atoms with Gasteiger partial charge in [0.2, 0.25) is 5.91 Å². The lowest BCUT2D eigenvalue weighted by atomic mass is 10.1. The summed E-state index contributed by atoms with van der Waals surface area (Å²) in [4.78, 5) is 46.4. The molecule has 0 saturated carbocycles. The highest BCUT2D eigenvalue weighted by molar-refractivity contribution is 8.00. The largest absolute Gasteiger partial charge is 0.465 e. The highest BCUT2D eigenvalue weighted by Crippen LogP contribution is 2.38. The van der Waals surface area contributed by atoms with Crippen molar-refractivity contribution in [2.24, 2.45) is 0 Å². The molecule has 0 fully saturated rings. The van der Waals surface area contributed by atoms with Crippen molar-refractivity contribution in [3.05, 3.63) is 149 Å².